The minimum Gasteiger partial charge on any atom is -0.478 e. The summed E-state index contributed by atoms with van der Waals surface area (Å²) in [5.74, 6) is 1.32. The van der Waals surface area contributed by atoms with Gasteiger partial charge in [0.25, 0.3) is 5.88 Å². The van der Waals surface area contributed by atoms with Crippen molar-refractivity contribution in [2.24, 2.45) is 0 Å². The third kappa shape index (κ3) is 5.00. The number of benzene rings is 2. The van der Waals surface area contributed by atoms with Crippen molar-refractivity contribution in [3.05, 3.63) is 103 Å². The molecule has 0 N–H and O–H groups in total. The third-order valence-electron chi connectivity index (χ3n) is 6.68. The van der Waals surface area contributed by atoms with Crippen LogP contribution < -0.4 is 4.74 Å². The van der Waals surface area contributed by atoms with Crippen molar-refractivity contribution in [2.75, 3.05) is 7.11 Å². The summed E-state index contributed by atoms with van der Waals surface area (Å²) in [4.78, 5) is 18.1. The lowest BCUT2D eigenvalue weighted by Crippen LogP contribution is -1.98. The van der Waals surface area contributed by atoms with Gasteiger partial charge in [-0.15, -0.1) is 0 Å². The minimum absolute atomic E-state index is 0.354. The van der Waals surface area contributed by atoms with Crippen LogP contribution in [0.5, 0.6) is 5.88 Å². The molecule has 0 amide bonds. The van der Waals surface area contributed by atoms with Crippen molar-refractivity contribution < 1.29 is 4.74 Å². The second kappa shape index (κ2) is 11.1. The van der Waals surface area contributed by atoms with Gasteiger partial charge in [-0.3, -0.25) is 9.38 Å². The summed E-state index contributed by atoms with van der Waals surface area (Å²) in [5, 5.41) is 0. The van der Waals surface area contributed by atoms with Crippen LogP contribution in [0.4, 0.5) is 0 Å². The predicted octanol–water partition coefficient (Wildman–Crippen LogP) is 7.36. The van der Waals surface area contributed by atoms with E-state index in [1.54, 1.807) is 13.3 Å². The van der Waals surface area contributed by atoms with Crippen LogP contribution in [-0.4, -0.2) is 35.8 Å². The molecule has 39 heavy (non-hydrogen) atoms. The van der Waals surface area contributed by atoms with E-state index in [9.17, 15) is 0 Å². The van der Waals surface area contributed by atoms with Crippen molar-refractivity contribution in [2.45, 2.75) is 46.5 Å². The van der Waals surface area contributed by atoms with Crippen LogP contribution >= 0.6 is 0 Å². The van der Waals surface area contributed by atoms with E-state index in [-0.39, 0.29) is 0 Å². The van der Waals surface area contributed by atoms with Crippen LogP contribution in [-0.2, 0) is 0 Å². The molecule has 7 heteroatoms. The standard InChI is InChI=1S/C16H17N3O.C16H17N3/c1-11(2)14-13(12-7-5-4-6-8-12)18-15-16(20-3)17-9-10-19(14)15;1-11(2)15-14(13-7-5-4-6-8-13)18-16-12(3)17-9-10-19(15)16/h4-11H,1-3H3;4-11H,1-3H3. The number of hydrogen-bond donors (Lipinski definition) is 0. The van der Waals surface area contributed by atoms with Crippen LogP contribution in [0.15, 0.2) is 85.5 Å². The van der Waals surface area contributed by atoms with E-state index in [0.29, 0.717) is 17.7 Å². The summed E-state index contributed by atoms with van der Waals surface area (Å²) in [7, 11) is 1.62. The quantitative estimate of drug-likeness (QED) is 0.238. The van der Waals surface area contributed by atoms with E-state index in [4.69, 9.17) is 14.7 Å². The third-order valence-corrected chi connectivity index (χ3v) is 6.68. The Hall–Kier alpha value is -4.52. The van der Waals surface area contributed by atoms with Gasteiger partial charge in [-0.2, -0.15) is 0 Å². The predicted molar refractivity (Wildman–Crippen MR) is 156 cm³/mol. The van der Waals surface area contributed by atoms with Gasteiger partial charge in [0.1, 0.15) is 0 Å². The molecule has 4 heterocycles. The Morgan fingerprint density at radius 1 is 0.641 bits per heavy atom. The van der Waals surface area contributed by atoms with Crippen LogP contribution in [0.3, 0.4) is 0 Å². The number of hydrogen-bond acceptors (Lipinski definition) is 5. The van der Waals surface area contributed by atoms with E-state index in [1.807, 2.05) is 49.8 Å². The summed E-state index contributed by atoms with van der Waals surface area (Å²) >= 11 is 0. The fraction of sp³-hybridized carbons (Fsp3) is 0.250. The Morgan fingerprint density at radius 3 is 1.59 bits per heavy atom. The van der Waals surface area contributed by atoms with Gasteiger partial charge in [0.2, 0.25) is 5.65 Å². The zero-order chi connectivity index (χ0) is 27.5. The van der Waals surface area contributed by atoms with Gasteiger partial charge >= 0.3 is 0 Å². The minimum atomic E-state index is 0.354. The van der Waals surface area contributed by atoms with Gasteiger partial charge in [-0.25, -0.2) is 15.0 Å². The topological polar surface area (TPSA) is 69.6 Å². The fourth-order valence-electron chi connectivity index (χ4n) is 4.96. The number of imidazole rings is 2. The summed E-state index contributed by atoms with van der Waals surface area (Å²) in [5.41, 5.74) is 9.42. The second-order valence-electron chi connectivity index (χ2n) is 10.1. The van der Waals surface area contributed by atoms with E-state index in [1.165, 1.54) is 11.4 Å². The molecule has 0 spiro atoms. The summed E-state index contributed by atoms with van der Waals surface area (Å²) in [6.07, 6.45) is 7.52. The number of aromatic nitrogens is 6. The monoisotopic (exact) mass is 518 g/mol. The highest BCUT2D eigenvalue weighted by Crippen LogP contribution is 2.32. The number of rotatable bonds is 5. The molecule has 0 saturated heterocycles. The first kappa shape index (κ1) is 26.1. The normalized spacial score (nSPS) is 11.3. The van der Waals surface area contributed by atoms with Gasteiger partial charge in [0, 0.05) is 35.9 Å². The highest BCUT2D eigenvalue weighted by Gasteiger charge is 2.19. The molecule has 0 bridgehead atoms. The second-order valence-corrected chi connectivity index (χ2v) is 10.1. The fourth-order valence-corrected chi connectivity index (χ4v) is 4.96. The lowest BCUT2D eigenvalue weighted by molar-refractivity contribution is 0.400. The zero-order valence-corrected chi connectivity index (χ0v) is 23.3. The molecule has 0 aliphatic rings. The molecule has 0 atom stereocenters. The Labute approximate surface area is 229 Å². The van der Waals surface area contributed by atoms with Crippen molar-refractivity contribution in [3.8, 4) is 28.4 Å². The average Bonchev–Trinajstić information content (AvgIpc) is 3.55. The SMILES string of the molecule is COc1nccn2c(C(C)C)c(-c3ccccc3)nc12.Cc1nccn2c(C(C)C)c(-c3ccccc3)nc12. The Kier molecular flexibility index (Phi) is 7.41. The molecule has 0 fully saturated rings. The van der Waals surface area contributed by atoms with Gasteiger partial charge in [-0.05, 0) is 18.8 Å². The van der Waals surface area contributed by atoms with Crippen LogP contribution in [0, 0.1) is 6.92 Å². The van der Waals surface area contributed by atoms with Gasteiger partial charge in [0.05, 0.1) is 35.6 Å². The molecule has 0 aliphatic heterocycles. The summed E-state index contributed by atoms with van der Waals surface area (Å²) < 4.78 is 9.55. The molecule has 7 nitrogen and oxygen atoms in total. The van der Waals surface area contributed by atoms with Crippen molar-refractivity contribution in [3.63, 3.8) is 0 Å². The molecule has 2 aromatic carbocycles. The first-order valence-corrected chi connectivity index (χ1v) is 13.3. The van der Waals surface area contributed by atoms with E-state index in [0.717, 1.165) is 39.5 Å². The Morgan fingerprint density at radius 2 is 1.10 bits per heavy atom. The number of methoxy groups -OCH3 is 1. The lowest BCUT2D eigenvalue weighted by Gasteiger charge is -2.08. The zero-order valence-electron chi connectivity index (χ0n) is 23.3. The molecule has 0 saturated carbocycles. The van der Waals surface area contributed by atoms with Crippen molar-refractivity contribution in [1.82, 2.24) is 28.7 Å². The Bertz CT molecular complexity index is 1700. The molecule has 6 rings (SSSR count). The maximum atomic E-state index is 5.32. The lowest BCUT2D eigenvalue weighted by atomic mass is 10.0. The van der Waals surface area contributed by atoms with Gasteiger partial charge in [-0.1, -0.05) is 88.4 Å². The van der Waals surface area contributed by atoms with Crippen LogP contribution in [0.1, 0.15) is 56.6 Å². The molecule has 0 radical (unpaired) electrons. The number of fused-ring (bicyclic) bond motifs is 2. The molecular weight excluding hydrogens is 484 g/mol. The Balaban J connectivity index is 0.000000158. The average molecular weight is 519 g/mol. The van der Waals surface area contributed by atoms with Crippen molar-refractivity contribution >= 4 is 11.3 Å². The smallest absolute Gasteiger partial charge is 0.258 e. The number of nitrogens with zero attached hydrogens (tertiary/aromatic N) is 6. The van der Waals surface area contributed by atoms with Crippen LogP contribution in [0.25, 0.3) is 33.8 Å². The molecule has 6 aromatic rings. The van der Waals surface area contributed by atoms with Crippen molar-refractivity contribution in [1.29, 1.82) is 0 Å². The highest BCUT2D eigenvalue weighted by atomic mass is 16.5. The van der Waals surface area contributed by atoms with E-state index in [2.05, 4.69) is 82.9 Å². The number of aryl methyl sites for hydroxylation is 1. The first-order valence-electron chi connectivity index (χ1n) is 13.3. The maximum absolute atomic E-state index is 5.32. The largest absolute Gasteiger partial charge is 0.478 e. The van der Waals surface area contributed by atoms with Gasteiger partial charge in [0.15, 0.2) is 5.65 Å². The highest BCUT2D eigenvalue weighted by molar-refractivity contribution is 5.69. The molecule has 4 aromatic heterocycles. The van der Waals surface area contributed by atoms with E-state index >= 15 is 0 Å². The molecule has 198 valence electrons. The van der Waals surface area contributed by atoms with Gasteiger partial charge < -0.3 is 9.14 Å². The summed E-state index contributed by atoms with van der Waals surface area (Å²) in [6.45, 7) is 10.7. The van der Waals surface area contributed by atoms with E-state index < -0.39 is 0 Å². The molecular formula is C32H34N6O. The van der Waals surface area contributed by atoms with Crippen LogP contribution in [0.2, 0.25) is 0 Å². The molecule has 0 unspecified atom stereocenters. The maximum Gasteiger partial charge on any atom is 0.258 e. The summed E-state index contributed by atoms with van der Waals surface area (Å²) in [6, 6.07) is 20.6. The first-order chi connectivity index (χ1) is 18.9. The number of ether oxygens (including phenoxy) is 1. The molecule has 0 aliphatic carbocycles.